The molecule has 0 saturated carbocycles. The normalized spacial score (nSPS) is 10.5. The molecule has 0 aromatic heterocycles. The van der Waals surface area contributed by atoms with Crippen LogP contribution in [-0.2, 0) is 17.6 Å². The number of carbonyl (C=O) groups is 1. The van der Waals surface area contributed by atoms with Crippen LogP contribution in [0.2, 0.25) is 10.0 Å². The van der Waals surface area contributed by atoms with Crippen molar-refractivity contribution in [3.05, 3.63) is 69.5 Å². The largest absolute Gasteiger partial charge is 0.356 e. The lowest BCUT2D eigenvalue weighted by Crippen LogP contribution is -2.26. The van der Waals surface area contributed by atoms with Crippen molar-refractivity contribution in [2.45, 2.75) is 19.3 Å². The van der Waals surface area contributed by atoms with Crippen LogP contribution in [0.5, 0.6) is 0 Å². The van der Waals surface area contributed by atoms with Gasteiger partial charge in [0.15, 0.2) is 0 Å². The standard InChI is InChI=1S/C17H16Cl2FNO/c18-14-6-3-5-13(17(14)19)8-9-16(22)21-11-10-12-4-1-2-7-15(12)20/h1-7H,8-11H2,(H,21,22). The van der Waals surface area contributed by atoms with E-state index in [1.165, 1.54) is 6.07 Å². The van der Waals surface area contributed by atoms with Gasteiger partial charge in [0.05, 0.1) is 10.0 Å². The molecule has 1 amide bonds. The van der Waals surface area contributed by atoms with E-state index in [0.717, 1.165) is 5.56 Å². The monoisotopic (exact) mass is 339 g/mol. The third kappa shape index (κ3) is 4.72. The van der Waals surface area contributed by atoms with Crippen molar-refractivity contribution in [2.24, 2.45) is 0 Å². The van der Waals surface area contributed by atoms with Crippen molar-refractivity contribution in [2.75, 3.05) is 6.54 Å². The second-order valence-corrected chi connectivity index (χ2v) is 5.69. The molecule has 2 rings (SSSR count). The van der Waals surface area contributed by atoms with Crippen LogP contribution in [0.4, 0.5) is 4.39 Å². The Hall–Kier alpha value is -1.58. The van der Waals surface area contributed by atoms with Crippen LogP contribution >= 0.6 is 23.2 Å². The van der Waals surface area contributed by atoms with E-state index in [1.807, 2.05) is 6.07 Å². The average Bonchev–Trinajstić information content (AvgIpc) is 2.51. The number of aryl methyl sites for hydroxylation is 1. The number of hydrogen-bond donors (Lipinski definition) is 1. The third-order valence-corrected chi connectivity index (χ3v) is 4.19. The van der Waals surface area contributed by atoms with E-state index in [1.54, 1.807) is 30.3 Å². The first-order chi connectivity index (χ1) is 10.6. The van der Waals surface area contributed by atoms with Gasteiger partial charge in [-0.25, -0.2) is 4.39 Å². The topological polar surface area (TPSA) is 29.1 Å². The quantitative estimate of drug-likeness (QED) is 0.828. The van der Waals surface area contributed by atoms with Gasteiger partial charge in [0.25, 0.3) is 0 Å². The van der Waals surface area contributed by atoms with Crippen molar-refractivity contribution in [1.29, 1.82) is 0 Å². The smallest absolute Gasteiger partial charge is 0.220 e. The Morgan fingerprint density at radius 2 is 1.73 bits per heavy atom. The number of rotatable bonds is 6. The molecule has 2 nitrogen and oxygen atoms in total. The maximum absolute atomic E-state index is 13.4. The molecule has 116 valence electrons. The summed E-state index contributed by atoms with van der Waals surface area (Å²) in [6.45, 7) is 0.406. The highest BCUT2D eigenvalue weighted by molar-refractivity contribution is 6.42. The van der Waals surface area contributed by atoms with E-state index in [4.69, 9.17) is 23.2 Å². The third-order valence-electron chi connectivity index (χ3n) is 3.33. The Morgan fingerprint density at radius 3 is 2.50 bits per heavy atom. The highest BCUT2D eigenvalue weighted by Gasteiger charge is 2.08. The zero-order valence-corrected chi connectivity index (χ0v) is 13.4. The first kappa shape index (κ1) is 16.8. The summed E-state index contributed by atoms with van der Waals surface area (Å²) < 4.78 is 13.4. The molecule has 0 radical (unpaired) electrons. The van der Waals surface area contributed by atoms with Crippen molar-refractivity contribution >= 4 is 29.1 Å². The van der Waals surface area contributed by atoms with Crippen LogP contribution in [0, 0.1) is 5.82 Å². The lowest BCUT2D eigenvalue weighted by molar-refractivity contribution is -0.121. The first-order valence-electron chi connectivity index (χ1n) is 7.01. The summed E-state index contributed by atoms with van der Waals surface area (Å²) in [5, 5.41) is 3.76. The molecule has 22 heavy (non-hydrogen) atoms. The minimum atomic E-state index is -0.248. The molecule has 0 aliphatic rings. The molecule has 1 N–H and O–H groups in total. The maximum atomic E-state index is 13.4. The van der Waals surface area contributed by atoms with Gasteiger partial charge in [-0.1, -0.05) is 53.5 Å². The summed E-state index contributed by atoms with van der Waals surface area (Å²) in [4.78, 5) is 11.8. The molecule has 0 saturated heterocycles. The summed E-state index contributed by atoms with van der Waals surface area (Å²) in [7, 11) is 0. The summed E-state index contributed by atoms with van der Waals surface area (Å²) in [5.74, 6) is -0.338. The average molecular weight is 340 g/mol. The summed E-state index contributed by atoms with van der Waals surface area (Å²) in [6.07, 6.45) is 1.30. The van der Waals surface area contributed by atoms with Crippen LogP contribution < -0.4 is 5.32 Å². The Kier molecular flexibility index (Phi) is 6.22. The molecule has 5 heteroatoms. The highest BCUT2D eigenvalue weighted by atomic mass is 35.5. The lowest BCUT2D eigenvalue weighted by Gasteiger charge is -2.08. The molecule has 0 atom stereocenters. The number of benzene rings is 2. The molecule has 0 aliphatic heterocycles. The van der Waals surface area contributed by atoms with Crippen molar-refractivity contribution < 1.29 is 9.18 Å². The molecule has 0 spiro atoms. The Bertz CT molecular complexity index is 661. The van der Waals surface area contributed by atoms with Gasteiger partial charge < -0.3 is 5.32 Å². The molecule has 0 unspecified atom stereocenters. The van der Waals surface area contributed by atoms with E-state index in [-0.39, 0.29) is 11.7 Å². The van der Waals surface area contributed by atoms with Gasteiger partial charge >= 0.3 is 0 Å². The van der Waals surface area contributed by atoms with Gasteiger partial charge in [0.1, 0.15) is 5.82 Å². The van der Waals surface area contributed by atoms with Gasteiger partial charge in [0.2, 0.25) is 5.91 Å². The predicted molar refractivity (Wildman–Crippen MR) is 87.9 cm³/mol. The van der Waals surface area contributed by atoms with E-state index >= 15 is 0 Å². The van der Waals surface area contributed by atoms with Gasteiger partial charge in [0, 0.05) is 13.0 Å². The van der Waals surface area contributed by atoms with Crippen LogP contribution in [0.15, 0.2) is 42.5 Å². The SMILES string of the molecule is O=C(CCc1cccc(Cl)c1Cl)NCCc1ccccc1F. The second kappa shape index (κ2) is 8.16. The molecular weight excluding hydrogens is 324 g/mol. The van der Waals surface area contributed by atoms with Gasteiger partial charge in [-0.3, -0.25) is 4.79 Å². The number of carbonyl (C=O) groups excluding carboxylic acids is 1. The molecule has 0 aliphatic carbocycles. The van der Waals surface area contributed by atoms with E-state index < -0.39 is 0 Å². The summed E-state index contributed by atoms with van der Waals surface area (Å²) >= 11 is 12.0. The summed E-state index contributed by atoms with van der Waals surface area (Å²) in [6, 6.07) is 11.9. The van der Waals surface area contributed by atoms with Crippen molar-refractivity contribution in [3.8, 4) is 0 Å². The first-order valence-corrected chi connectivity index (χ1v) is 7.76. The Morgan fingerprint density at radius 1 is 1.00 bits per heavy atom. The second-order valence-electron chi connectivity index (χ2n) is 4.90. The van der Waals surface area contributed by atoms with Gasteiger partial charge in [-0.2, -0.15) is 0 Å². The molecule has 0 fully saturated rings. The zero-order chi connectivity index (χ0) is 15.9. The lowest BCUT2D eigenvalue weighted by atomic mass is 10.1. The van der Waals surface area contributed by atoms with Crippen LogP contribution in [0.1, 0.15) is 17.5 Å². The molecular formula is C17H16Cl2FNO. The fraction of sp³-hybridized carbons (Fsp3) is 0.235. The minimum Gasteiger partial charge on any atom is -0.356 e. The summed E-state index contributed by atoms with van der Waals surface area (Å²) in [5.41, 5.74) is 1.44. The van der Waals surface area contributed by atoms with Crippen LogP contribution in [-0.4, -0.2) is 12.5 Å². The van der Waals surface area contributed by atoms with Gasteiger partial charge in [-0.05, 0) is 36.1 Å². The number of nitrogens with one attached hydrogen (secondary N) is 1. The van der Waals surface area contributed by atoms with Gasteiger partial charge in [-0.15, -0.1) is 0 Å². The Labute approximate surface area is 139 Å². The number of halogens is 3. The molecule has 0 bridgehead atoms. The molecule has 0 heterocycles. The fourth-order valence-corrected chi connectivity index (χ4v) is 2.53. The van der Waals surface area contributed by atoms with Crippen molar-refractivity contribution in [3.63, 3.8) is 0 Å². The molecule has 2 aromatic carbocycles. The fourth-order valence-electron chi connectivity index (χ4n) is 2.12. The highest BCUT2D eigenvalue weighted by Crippen LogP contribution is 2.26. The van der Waals surface area contributed by atoms with Crippen molar-refractivity contribution in [1.82, 2.24) is 5.32 Å². The van der Waals surface area contributed by atoms with E-state index in [0.29, 0.717) is 41.4 Å². The number of hydrogen-bond acceptors (Lipinski definition) is 1. The zero-order valence-electron chi connectivity index (χ0n) is 11.9. The number of amides is 1. The maximum Gasteiger partial charge on any atom is 0.220 e. The Balaban J connectivity index is 1.77. The van der Waals surface area contributed by atoms with Crippen LogP contribution in [0.3, 0.4) is 0 Å². The van der Waals surface area contributed by atoms with Crippen LogP contribution in [0.25, 0.3) is 0 Å². The van der Waals surface area contributed by atoms with E-state index in [9.17, 15) is 9.18 Å². The molecule has 2 aromatic rings. The van der Waals surface area contributed by atoms with E-state index in [2.05, 4.69) is 5.32 Å². The predicted octanol–water partition coefficient (Wildman–Crippen LogP) is 4.42. The minimum absolute atomic E-state index is 0.0904.